The van der Waals surface area contributed by atoms with E-state index in [1.54, 1.807) is 17.4 Å². The Hall–Kier alpha value is -4.06. The molecule has 0 saturated heterocycles. The highest BCUT2D eigenvalue weighted by molar-refractivity contribution is 7.24. The number of nitriles is 1. The van der Waals surface area contributed by atoms with Gasteiger partial charge in [0.05, 0.1) is 9.75 Å². The van der Waals surface area contributed by atoms with Gasteiger partial charge in [-0.1, -0.05) is 24.3 Å². The molecule has 2 aromatic heterocycles. The van der Waals surface area contributed by atoms with Crippen LogP contribution >= 0.6 is 22.7 Å². The van der Waals surface area contributed by atoms with E-state index in [2.05, 4.69) is 53.4 Å². The molecule has 0 amide bonds. The molecule has 8 heteroatoms. The van der Waals surface area contributed by atoms with E-state index in [1.807, 2.05) is 12.1 Å². The predicted molar refractivity (Wildman–Crippen MR) is 161 cm³/mol. The van der Waals surface area contributed by atoms with Crippen LogP contribution in [0, 0.1) is 23.2 Å². The number of benzene rings is 2. The van der Waals surface area contributed by atoms with Crippen molar-refractivity contribution in [2.24, 2.45) is 11.8 Å². The van der Waals surface area contributed by atoms with E-state index < -0.39 is 5.97 Å². The van der Waals surface area contributed by atoms with Crippen LogP contribution in [0.1, 0.15) is 35.6 Å². The van der Waals surface area contributed by atoms with Crippen molar-refractivity contribution < 1.29 is 19.4 Å². The number of ether oxygens (including phenoxy) is 2. The Bertz CT molecular complexity index is 1770. The summed E-state index contributed by atoms with van der Waals surface area (Å²) >= 11 is 3.10. The van der Waals surface area contributed by atoms with Crippen molar-refractivity contribution >= 4 is 46.1 Å². The van der Waals surface area contributed by atoms with Crippen molar-refractivity contribution in [2.75, 3.05) is 18.1 Å². The minimum atomic E-state index is -1.23. The molecular weight excluding hydrogens is 553 g/mol. The summed E-state index contributed by atoms with van der Waals surface area (Å²) in [7, 11) is 0. The number of carbonyl (C=O) groups is 1. The Balaban J connectivity index is 1.22. The summed E-state index contributed by atoms with van der Waals surface area (Å²) in [6.07, 6.45) is 5.38. The molecule has 4 heterocycles. The van der Waals surface area contributed by atoms with Crippen molar-refractivity contribution in [3.8, 4) is 37.8 Å². The van der Waals surface area contributed by atoms with E-state index in [4.69, 9.17) is 9.47 Å². The molecule has 8 rings (SSSR count). The molecule has 41 heavy (non-hydrogen) atoms. The molecule has 6 nitrogen and oxygen atoms in total. The van der Waals surface area contributed by atoms with Crippen LogP contribution in [0.5, 0.6) is 11.5 Å². The monoisotopic (exact) mass is 578 g/mol. The third-order valence-corrected chi connectivity index (χ3v) is 11.4. The number of hydrogen-bond acceptors (Lipinski definition) is 7. The number of fused-ring (bicyclic) bond motifs is 8. The molecule has 1 N–H and O–H groups in total. The molecule has 4 aromatic rings. The summed E-state index contributed by atoms with van der Waals surface area (Å²) in [5.41, 5.74) is 4.92. The number of anilines is 2. The number of carboxylic acids is 1. The molecule has 204 valence electrons. The second-order valence-electron chi connectivity index (χ2n) is 11.1. The Morgan fingerprint density at radius 1 is 0.976 bits per heavy atom. The van der Waals surface area contributed by atoms with E-state index in [1.165, 1.54) is 53.6 Å². The molecule has 4 aliphatic rings. The number of para-hydroxylation sites is 1. The number of hydrogen-bond donors (Lipinski definition) is 1. The van der Waals surface area contributed by atoms with Crippen LogP contribution in [0.3, 0.4) is 0 Å². The van der Waals surface area contributed by atoms with Gasteiger partial charge in [0.25, 0.3) is 0 Å². The smallest absolute Gasteiger partial charge is 0.346 e. The van der Waals surface area contributed by atoms with Gasteiger partial charge in [-0.15, -0.1) is 22.7 Å². The minimum absolute atomic E-state index is 0.284. The third kappa shape index (κ3) is 3.83. The maximum absolute atomic E-state index is 11.3. The fourth-order valence-electron chi connectivity index (χ4n) is 7.45. The summed E-state index contributed by atoms with van der Waals surface area (Å²) in [5.74, 6) is 2.33. The van der Waals surface area contributed by atoms with Crippen LogP contribution in [-0.4, -0.2) is 30.3 Å². The first kappa shape index (κ1) is 24.7. The maximum Gasteiger partial charge on any atom is 0.346 e. The highest BCUT2D eigenvalue weighted by Crippen LogP contribution is 2.63. The fraction of sp³-hybridized carbons (Fsp3) is 0.273. The average molecular weight is 579 g/mol. The zero-order valence-electron chi connectivity index (χ0n) is 22.1. The molecule has 4 atom stereocenters. The Kier molecular flexibility index (Phi) is 5.73. The maximum atomic E-state index is 11.3. The first-order valence-corrected chi connectivity index (χ1v) is 15.6. The SMILES string of the molecule is N#C/C(=C\c1ccc(-c2sc(-c3ccc4c(c3)C3C5CCC(C5)C3N4c3ccccc3)c3c2OCCO3)s1)C(=O)O. The van der Waals surface area contributed by atoms with Crippen LogP contribution in [0.15, 0.2) is 66.2 Å². The van der Waals surface area contributed by atoms with E-state index >= 15 is 0 Å². The average Bonchev–Trinajstić information content (AvgIpc) is 3.82. The lowest BCUT2D eigenvalue weighted by Crippen LogP contribution is -2.35. The number of nitrogens with zero attached hydrogens (tertiary/aromatic N) is 2. The summed E-state index contributed by atoms with van der Waals surface area (Å²) in [5, 5.41) is 18.4. The molecule has 2 fully saturated rings. The fourth-order valence-corrected chi connectivity index (χ4v) is 9.70. The van der Waals surface area contributed by atoms with E-state index in [-0.39, 0.29) is 5.57 Å². The van der Waals surface area contributed by atoms with Crippen LogP contribution < -0.4 is 14.4 Å². The van der Waals surface area contributed by atoms with Gasteiger partial charge in [-0.05, 0) is 84.7 Å². The Morgan fingerprint density at radius 3 is 2.54 bits per heavy atom. The van der Waals surface area contributed by atoms with Crippen molar-refractivity contribution in [1.29, 1.82) is 5.26 Å². The number of aliphatic carboxylic acids is 1. The first-order chi connectivity index (χ1) is 20.1. The predicted octanol–water partition coefficient (Wildman–Crippen LogP) is 7.94. The standard InChI is InChI=1S/C33H26N2O4S2/c34-17-21(33(36)37)15-23-9-11-26(40-23)32-30-29(38-12-13-39-30)31(41-32)20-8-10-25-24(16-20)27-18-6-7-19(14-18)28(27)35(25)22-4-2-1-3-5-22/h1-5,8-11,15-16,18-19,27-28H,6-7,12-14H2,(H,36,37)/b21-15+. The van der Waals surface area contributed by atoms with Crippen LogP contribution in [0.4, 0.5) is 11.4 Å². The van der Waals surface area contributed by atoms with Gasteiger partial charge in [-0.3, -0.25) is 0 Å². The molecule has 4 unspecified atom stereocenters. The highest BCUT2D eigenvalue weighted by atomic mass is 32.1. The molecule has 2 aliphatic carbocycles. The van der Waals surface area contributed by atoms with Gasteiger partial charge >= 0.3 is 5.97 Å². The lowest BCUT2D eigenvalue weighted by Gasteiger charge is -2.33. The van der Waals surface area contributed by atoms with Gasteiger partial charge in [0, 0.05) is 33.1 Å². The zero-order chi connectivity index (χ0) is 27.7. The highest BCUT2D eigenvalue weighted by Gasteiger charge is 2.55. The van der Waals surface area contributed by atoms with E-state index in [0.717, 1.165) is 43.5 Å². The Labute approximate surface area is 245 Å². The number of rotatable bonds is 5. The van der Waals surface area contributed by atoms with Crippen molar-refractivity contribution in [1.82, 2.24) is 0 Å². The van der Waals surface area contributed by atoms with E-state index in [9.17, 15) is 15.2 Å². The Morgan fingerprint density at radius 2 is 1.76 bits per heavy atom. The summed E-state index contributed by atoms with van der Waals surface area (Å²) < 4.78 is 12.4. The topological polar surface area (TPSA) is 82.8 Å². The zero-order valence-corrected chi connectivity index (χ0v) is 23.7. The summed E-state index contributed by atoms with van der Waals surface area (Å²) in [4.78, 5) is 17.6. The first-order valence-electron chi connectivity index (χ1n) is 14.0. The quantitative estimate of drug-likeness (QED) is 0.191. The van der Waals surface area contributed by atoms with E-state index in [0.29, 0.717) is 30.1 Å². The lowest BCUT2D eigenvalue weighted by atomic mass is 9.81. The molecule has 0 spiro atoms. The third-order valence-electron chi connectivity index (χ3n) is 9.00. The van der Waals surface area contributed by atoms with Crippen LogP contribution in [0.2, 0.25) is 0 Å². The minimum Gasteiger partial charge on any atom is -0.485 e. The van der Waals surface area contributed by atoms with Gasteiger partial charge in [0.1, 0.15) is 24.9 Å². The molecule has 2 aliphatic heterocycles. The van der Waals surface area contributed by atoms with Gasteiger partial charge in [-0.25, -0.2) is 4.79 Å². The molecule has 0 radical (unpaired) electrons. The molecule has 2 saturated carbocycles. The summed E-state index contributed by atoms with van der Waals surface area (Å²) in [6, 6.07) is 23.8. The second kappa shape index (κ2) is 9.51. The number of carboxylic acid groups (broad SMARTS) is 1. The molecule has 2 aromatic carbocycles. The normalized spacial score (nSPS) is 23.8. The van der Waals surface area contributed by atoms with Gasteiger partial charge in [-0.2, -0.15) is 5.26 Å². The second-order valence-corrected chi connectivity index (χ2v) is 13.3. The van der Waals surface area contributed by atoms with Gasteiger partial charge in [0.2, 0.25) is 0 Å². The number of thiophene rings is 2. The summed E-state index contributed by atoms with van der Waals surface area (Å²) in [6.45, 7) is 0.981. The van der Waals surface area contributed by atoms with Crippen molar-refractivity contribution in [3.63, 3.8) is 0 Å². The van der Waals surface area contributed by atoms with Gasteiger partial charge in [0.15, 0.2) is 11.5 Å². The van der Waals surface area contributed by atoms with Crippen LogP contribution in [-0.2, 0) is 4.79 Å². The van der Waals surface area contributed by atoms with Crippen molar-refractivity contribution in [3.05, 3.63) is 76.7 Å². The van der Waals surface area contributed by atoms with Gasteiger partial charge < -0.3 is 19.5 Å². The lowest BCUT2D eigenvalue weighted by molar-refractivity contribution is -0.132. The molecule has 2 bridgehead atoms. The van der Waals surface area contributed by atoms with Crippen LogP contribution in [0.25, 0.3) is 26.3 Å². The van der Waals surface area contributed by atoms with Crippen molar-refractivity contribution in [2.45, 2.75) is 31.2 Å². The largest absolute Gasteiger partial charge is 0.485 e. The molecular formula is C33H26N2O4S2.